The number of nitrogens with one attached hydrogen (secondary N) is 5. The number of aliphatic carboxylic acids is 1. The number of carbonyl (C=O) groups is 9. The molecule has 6 N–H and O–H groups in total. The van der Waals surface area contributed by atoms with E-state index in [-0.39, 0.29) is 179 Å². The molecule has 8 unspecified atom stereocenters. The first kappa shape index (κ1) is 77.2. The van der Waals surface area contributed by atoms with Gasteiger partial charge in [0.15, 0.2) is 18.9 Å². The summed E-state index contributed by atoms with van der Waals surface area (Å²) in [6.45, 7) is 25.2. The minimum absolute atomic E-state index is 0.0659. The fraction of sp³-hybridized carbons (Fsp3) is 0.859. The first-order valence-corrected chi connectivity index (χ1v) is 32.6. The molecule has 0 bridgehead atoms. The van der Waals surface area contributed by atoms with E-state index in [0.29, 0.717) is 97.1 Å². The number of unbranched alkanes of at least 4 members (excludes halogenated alkanes) is 5. The van der Waals surface area contributed by atoms with Crippen LogP contribution in [0.5, 0.6) is 0 Å². The summed E-state index contributed by atoms with van der Waals surface area (Å²) in [7, 11) is 0. The van der Waals surface area contributed by atoms with Gasteiger partial charge in [0.25, 0.3) is 0 Å². The van der Waals surface area contributed by atoms with E-state index in [1.165, 1.54) is 20.8 Å². The van der Waals surface area contributed by atoms with Gasteiger partial charge < -0.3 is 74.3 Å². The number of carboxylic acids is 1. The van der Waals surface area contributed by atoms with Gasteiger partial charge >= 0.3 is 23.9 Å². The second-order valence-corrected chi connectivity index (χ2v) is 24.9. The lowest BCUT2D eigenvalue weighted by Crippen LogP contribution is -2.53. The molecular formula is C64H111N5O19. The Morgan fingerprint density at radius 1 is 0.375 bits per heavy atom. The van der Waals surface area contributed by atoms with E-state index in [2.05, 4.69) is 88.9 Å². The average molecular weight is 1250 g/mol. The molecule has 506 valence electrons. The van der Waals surface area contributed by atoms with Crippen molar-refractivity contribution in [3.8, 4) is 0 Å². The molecule has 0 aliphatic carbocycles. The highest BCUT2D eigenvalue weighted by Crippen LogP contribution is 2.38. The van der Waals surface area contributed by atoms with Crippen LogP contribution in [0.4, 0.5) is 0 Å². The predicted molar refractivity (Wildman–Crippen MR) is 325 cm³/mol. The highest BCUT2D eigenvalue weighted by atomic mass is 16.7. The van der Waals surface area contributed by atoms with Crippen molar-refractivity contribution in [2.75, 3.05) is 59.3 Å². The molecule has 3 aliphatic heterocycles. The van der Waals surface area contributed by atoms with Crippen molar-refractivity contribution in [2.45, 2.75) is 242 Å². The van der Waals surface area contributed by atoms with Crippen LogP contribution < -0.4 is 26.6 Å². The van der Waals surface area contributed by atoms with E-state index in [1.54, 1.807) is 0 Å². The average Bonchev–Trinajstić information content (AvgIpc) is 3.62. The molecule has 0 aromatic rings. The Morgan fingerprint density at radius 3 is 1.07 bits per heavy atom. The summed E-state index contributed by atoms with van der Waals surface area (Å²) < 4.78 is 52.6. The monoisotopic (exact) mass is 1250 g/mol. The summed E-state index contributed by atoms with van der Waals surface area (Å²) >= 11 is 0. The number of carboxylic acid groups (broad SMARTS) is 1. The van der Waals surface area contributed by atoms with Gasteiger partial charge in [-0.1, -0.05) is 62.3 Å². The SMILES string of the molecule is CC(=O)OCC1O[C@@H](OCCCCC(=O)NCCCCC(NC(=O)CCCCO[C@@H]2OC(COC(C)=O)[C@H](C)C(C)[C@@H]2C)C(=O)NC(CCCCNC(=O)CCCCO[C@@H]2OC(COC(C)=O)[C@H](C)C(C)[C@@H]2C)C(=O)NCCCC(=O)O)[C@@H](C)C(C)[C@H]1C. The van der Waals surface area contributed by atoms with Gasteiger partial charge in [0.2, 0.25) is 29.5 Å². The van der Waals surface area contributed by atoms with Gasteiger partial charge in [0.05, 0.1) is 18.3 Å². The van der Waals surface area contributed by atoms with Crippen LogP contribution in [0.3, 0.4) is 0 Å². The van der Waals surface area contributed by atoms with Crippen LogP contribution in [0.15, 0.2) is 0 Å². The first-order chi connectivity index (χ1) is 41.8. The molecule has 0 saturated carbocycles. The third-order valence-corrected chi connectivity index (χ3v) is 18.2. The molecule has 0 aromatic carbocycles. The third-order valence-electron chi connectivity index (χ3n) is 18.2. The molecule has 3 fully saturated rings. The smallest absolute Gasteiger partial charge is 0.303 e. The minimum Gasteiger partial charge on any atom is -0.481 e. The first-order valence-electron chi connectivity index (χ1n) is 32.6. The van der Waals surface area contributed by atoms with Crippen molar-refractivity contribution in [1.29, 1.82) is 0 Å². The molecule has 88 heavy (non-hydrogen) atoms. The van der Waals surface area contributed by atoms with Gasteiger partial charge in [-0.05, 0) is 119 Å². The maximum atomic E-state index is 14.2. The van der Waals surface area contributed by atoms with Crippen LogP contribution in [0.25, 0.3) is 0 Å². The highest BCUT2D eigenvalue weighted by Gasteiger charge is 2.43. The molecule has 0 spiro atoms. The van der Waals surface area contributed by atoms with Crippen molar-refractivity contribution in [3.63, 3.8) is 0 Å². The second kappa shape index (κ2) is 42.1. The van der Waals surface area contributed by atoms with Crippen LogP contribution >= 0.6 is 0 Å². The molecular weight excluding hydrogens is 1140 g/mol. The van der Waals surface area contributed by atoms with E-state index in [0.717, 1.165) is 0 Å². The fourth-order valence-corrected chi connectivity index (χ4v) is 11.2. The molecule has 3 aliphatic rings. The Hall–Kier alpha value is -5.01. The molecule has 3 heterocycles. The molecule has 0 aromatic heterocycles. The number of amides is 5. The van der Waals surface area contributed by atoms with Gasteiger partial charge in [-0.25, -0.2) is 0 Å². The maximum absolute atomic E-state index is 14.2. The standard InChI is InChI=1S/C64H111N5O19/c1-39-42(4)53(36-83-48(10)70)86-62(45(39)7)80-33-20-15-26-56(73)65-30-18-13-24-51(60(78)67-32-23-29-59(76)77)69-61(79)52(68-58(75)28-17-22-35-82-64-47(9)41(3)44(6)55(88-64)38-85-50(12)72)25-14-19-31-66-57(74)27-16-21-34-81-63-46(8)40(2)43(5)54(87-63)37-84-49(11)71/h39-47,51-55,62-64H,13-38H2,1-12H3,(H,65,73)(H,66,74)(H,67,78)(H,68,75)(H,69,79)(H,76,77)/t39?,40?,41?,42-,43-,44-,45+,46+,47+,51?,52?,53?,54?,55?,62-,63-,64-/m1/s1. The lowest BCUT2D eigenvalue weighted by Gasteiger charge is -2.43. The van der Waals surface area contributed by atoms with Crippen molar-refractivity contribution < 1.29 is 90.9 Å². The number of ether oxygens (including phenoxy) is 9. The topological polar surface area (TPSA) is 317 Å². The number of rotatable bonds is 42. The van der Waals surface area contributed by atoms with Gasteiger partial charge in [-0.2, -0.15) is 0 Å². The highest BCUT2D eigenvalue weighted by molar-refractivity contribution is 5.92. The molecule has 3 saturated heterocycles. The summed E-state index contributed by atoms with van der Waals surface area (Å²) in [4.78, 5) is 113. The normalized spacial score (nSPS) is 27.6. The molecule has 17 atom stereocenters. The van der Waals surface area contributed by atoms with Crippen LogP contribution in [0.2, 0.25) is 0 Å². The quantitative estimate of drug-likeness (QED) is 0.0211. The lowest BCUT2D eigenvalue weighted by atomic mass is 9.79. The van der Waals surface area contributed by atoms with Crippen molar-refractivity contribution >= 4 is 53.4 Å². The zero-order chi connectivity index (χ0) is 65.3. The summed E-state index contributed by atoms with van der Waals surface area (Å²) in [5.41, 5.74) is 0. The molecule has 5 amide bonds. The number of carbonyl (C=O) groups excluding carboxylic acids is 8. The van der Waals surface area contributed by atoms with Crippen molar-refractivity contribution in [2.24, 2.45) is 53.3 Å². The van der Waals surface area contributed by atoms with E-state index < -0.39 is 48.7 Å². The Morgan fingerprint density at radius 2 is 0.716 bits per heavy atom. The van der Waals surface area contributed by atoms with Crippen molar-refractivity contribution in [3.05, 3.63) is 0 Å². The third kappa shape index (κ3) is 29.3. The van der Waals surface area contributed by atoms with Gasteiger partial charge in [0, 0.05) is 104 Å². The van der Waals surface area contributed by atoms with Gasteiger partial charge in [-0.3, -0.25) is 43.2 Å². The Balaban J connectivity index is 1.55. The minimum atomic E-state index is -1.04. The van der Waals surface area contributed by atoms with E-state index in [4.69, 9.17) is 42.6 Å². The second-order valence-electron chi connectivity index (χ2n) is 24.9. The largest absolute Gasteiger partial charge is 0.481 e. The zero-order valence-electron chi connectivity index (χ0n) is 55.0. The molecule has 24 heteroatoms. The lowest BCUT2D eigenvalue weighted by molar-refractivity contribution is -0.255. The fourth-order valence-electron chi connectivity index (χ4n) is 11.2. The van der Waals surface area contributed by atoms with Gasteiger partial charge in [0.1, 0.15) is 31.9 Å². The molecule has 24 nitrogen and oxygen atoms in total. The molecule has 0 radical (unpaired) electrons. The summed E-state index contributed by atoms with van der Waals surface area (Å²) in [6, 6.07) is -2.07. The Labute approximate surface area is 523 Å². The Kier molecular flexibility index (Phi) is 37.0. The summed E-state index contributed by atoms with van der Waals surface area (Å²) in [6.07, 6.45) is 4.00. The number of hydrogen-bond acceptors (Lipinski definition) is 18. The maximum Gasteiger partial charge on any atom is 0.303 e. The van der Waals surface area contributed by atoms with E-state index in [9.17, 15) is 48.3 Å². The summed E-state index contributed by atoms with van der Waals surface area (Å²) in [5.74, 6) is -2.23. The summed E-state index contributed by atoms with van der Waals surface area (Å²) in [5, 5.41) is 23.5. The van der Waals surface area contributed by atoms with Crippen LogP contribution in [0, 0.1) is 53.3 Å². The van der Waals surface area contributed by atoms with E-state index >= 15 is 0 Å². The van der Waals surface area contributed by atoms with Crippen LogP contribution in [-0.4, -0.2) is 167 Å². The zero-order valence-corrected chi connectivity index (χ0v) is 55.0. The predicted octanol–water partition coefficient (Wildman–Crippen LogP) is 6.66. The number of esters is 3. The van der Waals surface area contributed by atoms with Crippen LogP contribution in [0.1, 0.15) is 192 Å². The number of hydrogen-bond donors (Lipinski definition) is 6. The van der Waals surface area contributed by atoms with Crippen LogP contribution in [-0.2, 0) is 85.8 Å². The van der Waals surface area contributed by atoms with E-state index in [1.807, 2.05) is 0 Å². The molecule has 3 rings (SSSR count). The van der Waals surface area contributed by atoms with Gasteiger partial charge in [-0.15, -0.1) is 0 Å². The van der Waals surface area contributed by atoms with Crippen molar-refractivity contribution in [1.82, 2.24) is 26.6 Å². The Bertz CT molecular complexity index is 2140.